The quantitative estimate of drug-likeness (QED) is 0.845. The van der Waals surface area contributed by atoms with Crippen LogP contribution in [0.15, 0.2) is 51.1 Å². The number of anilines is 1. The number of hydrogen-bond donors (Lipinski definition) is 2. The van der Waals surface area contributed by atoms with Crippen molar-refractivity contribution in [2.45, 2.75) is 14.7 Å². The lowest BCUT2D eigenvalue weighted by Gasteiger charge is -2.09. The van der Waals surface area contributed by atoms with Crippen molar-refractivity contribution in [3.63, 3.8) is 0 Å². The Kier molecular flexibility index (Phi) is 4.50. The number of rotatable bonds is 4. The predicted molar refractivity (Wildman–Crippen MR) is 77.6 cm³/mol. The lowest BCUT2D eigenvalue weighted by atomic mass is 10.3. The fraction of sp³-hybridized carbons (Fsp3) is 0.0769. The number of hydrogen-bond acceptors (Lipinski definition) is 4. The molecule has 0 saturated heterocycles. The van der Waals surface area contributed by atoms with Gasteiger partial charge in [-0.2, -0.15) is 0 Å². The Morgan fingerprint density at radius 3 is 2.43 bits per heavy atom. The van der Waals surface area contributed by atoms with Gasteiger partial charge in [0, 0.05) is 15.5 Å². The van der Waals surface area contributed by atoms with E-state index in [9.17, 15) is 17.2 Å². The van der Waals surface area contributed by atoms with Crippen molar-refractivity contribution < 1.29 is 17.2 Å². The third-order valence-electron chi connectivity index (χ3n) is 2.68. The van der Waals surface area contributed by atoms with Gasteiger partial charge in [0.2, 0.25) is 10.0 Å². The van der Waals surface area contributed by atoms with E-state index in [1.165, 1.54) is 31.3 Å². The standard InChI is InChI=1S/C13H12F2N2O2S2/c1-17-21(18,19)9-3-5-12(16)13(7-9)20-8-2-4-10(14)11(15)6-8/h2-7,17H,16H2,1H3. The zero-order chi connectivity index (χ0) is 15.6. The number of benzene rings is 2. The summed E-state index contributed by atoms with van der Waals surface area (Å²) in [5, 5.41) is 0. The van der Waals surface area contributed by atoms with E-state index < -0.39 is 21.7 Å². The lowest BCUT2D eigenvalue weighted by Crippen LogP contribution is -2.18. The first-order valence-electron chi connectivity index (χ1n) is 5.79. The Balaban J connectivity index is 2.39. The van der Waals surface area contributed by atoms with E-state index in [0.717, 1.165) is 23.9 Å². The number of nitrogens with one attached hydrogen (secondary N) is 1. The Labute approximate surface area is 125 Å². The normalized spacial score (nSPS) is 11.6. The summed E-state index contributed by atoms with van der Waals surface area (Å²) >= 11 is 1.05. The first kappa shape index (κ1) is 15.7. The highest BCUT2D eigenvalue weighted by atomic mass is 32.2. The molecule has 0 aliphatic carbocycles. The molecular formula is C13H12F2N2O2S2. The number of sulfonamides is 1. The van der Waals surface area contributed by atoms with Crippen molar-refractivity contribution in [3.05, 3.63) is 48.0 Å². The molecule has 0 radical (unpaired) electrons. The summed E-state index contributed by atoms with van der Waals surface area (Å²) < 4.78 is 51.8. The Hall–Kier alpha value is -1.64. The summed E-state index contributed by atoms with van der Waals surface area (Å²) in [6, 6.07) is 7.62. The van der Waals surface area contributed by atoms with Crippen LogP contribution in [0.5, 0.6) is 0 Å². The molecule has 4 nitrogen and oxygen atoms in total. The molecule has 2 aromatic carbocycles. The van der Waals surface area contributed by atoms with E-state index in [-0.39, 0.29) is 4.90 Å². The number of halogens is 2. The topological polar surface area (TPSA) is 72.2 Å². The molecule has 0 aromatic heterocycles. The highest BCUT2D eigenvalue weighted by Crippen LogP contribution is 2.34. The maximum absolute atomic E-state index is 13.2. The minimum Gasteiger partial charge on any atom is -0.398 e. The molecule has 0 unspecified atom stereocenters. The number of nitrogens with two attached hydrogens (primary N) is 1. The van der Waals surface area contributed by atoms with Crippen molar-refractivity contribution in [2.24, 2.45) is 0 Å². The van der Waals surface area contributed by atoms with Gasteiger partial charge in [-0.1, -0.05) is 11.8 Å². The van der Waals surface area contributed by atoms with Crippen LogP contribution in [0.25, 0.3) is 0 Å². The van der Waals surface area contributed by atoms with Crippen molar-refractivity contribution >= 4 is 27.5 Å². The Morgan fingerprint density at radius 2 is 1.81 bits per heavy atom. The molecule has 0 amide bonds. The van der Waals surface area contributed by atoms with Crippen molar-refractivity contribution in [2.75, 3.05) is 12.8 Å². The summed E-state index contributed by atoms with van der Waals surface area (Å²) in [6.45, 7) is 0. The predicted octanol–water partition coefficient (Wildman–Crippen LogP) is 2.61. The van der Waals surface area contributed by atoms with Crippen LogP contribution in [0.2, 0.25) is 0 Å². The smallest absolute Gasteiger partial charge is 0.240 e. The first-order chi connectivity index (χ1) is 9.83. The molecule has 2 rings (SSSR count). The minimum absolute atomic E-state index is 0.0456. The third-order valence-corrected chi connectivity index (χ3v) is 5.16. The summed E-state index contributed by atoms with van der Waals surface area (Å²) in [5.41, 5.74) is 6.13. The molecule has 0 fully saturated rings. The molecule has 0 atom stereocenters. The molecule has 0 bridgehead atoms. The van der Waals surface area contributed by atoms with Gasteiger partial charge >= 0.3 is 0 Å². The van der Waals surface area contributed by atoms with Gasteiger partial charge in [-0.15, -0.1) is 0 Å². The fourth-order valence-corrected chi connectivity index (χ4v) is 3.31. The monoisotopic (exact) mass is 330 g/mol. The second-order valence-electron chi connectivity index (χ2n) is 4.09. The highest BCUT2D eigenvalue weighted by Gasteiger charge is 2.14. The zero-order valence-corrected chi connectivity index (χ0v) is 12.6. The largest absolute Gasteiger partial charge is 0.398 e. The van der Waals surface area contributed by atoms with Crippen LogP contribution < -0.4 is 10.5 Å². The van der Waals surface area contributed by atoms with Crippen LogP contribution >= 0.6 is 11.8 Å². The maximum Gasteiger partial charge on any atom is 0.240 e. The van der Waals surface area contributed by atoms with Gasteiger partial charge in [-0.3, -0.25) is 0 Å². The second kappa shape index (κ2) is 6.00. The maximum atomic E-state index is 13.2. The molecule has 112 valence electrons. The molecule has 0 saturated carbocycles. The van der Waals surface area contributed by atoms with Gasteiger partial charge in [0.05, 0.1) is 4.90 Å². The second-order valence-corrected chi connectivity index (χ2v) is 7.09. The zero-order valence-electron chi connectivity index (χ0n) is 10.9. The van der Waals surface area contributed by atoms with Crippen molar-refractivity contribution in [1.82, 2.24) is 4.72 Å². The van der Waals surface area contributed by atoms with Crippen LogP contribution in [0.3, 0.4) is 0 Å². The molecule has 0 aliphatic heterocycles. The summed E-state index contributed by atoms with van der Waals surface area (Å²) in [5.74, 6) is -1.92. The van der Waals surface area contributed by atoms with Crippen LogP contribution in [-0.4, -0.2) is 15.5 Å². The summed E-state index contributed by atoms with van der Waals surface area (Å²) in [7, 11) is -2.30. The molecule has 8 heteroatoms. The van der Waals surface area contributed by atoms with E-state index in [0.29, 0.717) is 15.5 Å². The molecule has 21 heavy (non-hydrogen) atoms. The van der Waals surface area contributed by atoms with Gasteiger partial charge in [0.1, 0.15) is 0 Å². The summed E-state index contributed by atoms with van der Waals surface area (Å²) in [4.78, 5) is 0.904. The molecule has 0 spiro atoms. The van der Waals surface area contributed by atoms with E-state index in [1.54, 1.807) is 0 Å². The van der Waals surface area contributed by atoms with Crippen molar-refractivity contribution in [3.8, 4) is 0 Å². The van der Waals surface area contributed by atoms with Crippen LogP contribution in [0, 0.1) is 11.6 Å². The van der Waals surface area contributed by atoms with E-state index in [4.69, 9.17) is 5.73 Å². The van der Waals surface area contributed by atoms with Crippen LogP contribution in [0.1, 0.15) is 0 Å². The van der Waals surface area contributed by atoms with E-state index in [1.807, 2.05) is 0 Å². The SMILES string of the molecule is CNS(=O)(=O)c1ccc(N)c(Sc2ccc(F)c(F)c2)c1. The average Bonchev–Trinajstić information content (AvgIpc) is 2.45. The molecular weight excluding hydrogens is 318 g/mol. The van der Waals surface area contributed by atoms with E-state index >= 15 is 0 Å². The van der Waals surface area contributed by atoms with E-state index in [2.05, 4.69) is 4.72 Å². The van der Waals surface area contributed by atoms with Gasteiger partial charge in [-0.25, -0.2) is 21.9 Å². The van der Waals surface area contributed by atoms with Crippen molar-refractivity contribution in [1.29, 1.82) is 0 Å². The Bertz CT molecular complexity index is 780. The highest BCUT2D eigenvalue weighted by molar-refractivity contribution is 7.99. The van der Waals surface area contributed by atoms with Gasteiger partial charge in [0.15, 0.2) is 11.6 Å². The van der Waals surface area contributed by atoms with Crippen LogP contribution in [0.4, 0.5) is 14.5 Å². The van der Waals surface area contributed by atoms with Crippen LogP contribution in [-0.2, 0) is 10.0 Å². The lowest BCUT2D eigenvalue weighted by molar-refractivity contribution is 0.506. The van der Waals surface area contributed by atoms with Gasteiger partial charge in [0.25, 0.3) is 0 Å². The Morgan fingerprint density at radius 1 is 1.10 bits per heavy atom. The molecule has 3 N–H and O–H groups in total. The molecule has 0 aliphatic rings. The van der Waals surface area contributed by atoms with Gasteiger partial charge < -0.3 is 5.73 Å². The fourth-order valence-electron chi connectivity index (χ4n) is 1.56. The molecule has 0 heterocycles. The average molecular weight is 330 g/mol. The minimum atomic E-state index is -3.60. The number of nitrogen functional groups attached to an aromatic ring is 1. The third kappa shape index (κ3) is 3.52. The van der Waals surface area contributed by atoms with Gasteiger partial charge in [-0.05, 0) is 43.4 Å². The summed E-state index contributed by atoms with van der Waals surface area (Å²) in [6.07, 6.45) is 0. The first-order valence-corrected chi connectivity index (χ1v) is 8.09. The molecule has 2 aromatic rings.